The van der Waals surface area contributed by atoms with Crippen molar-refractivity contribution in [1.82, 2.24) is 0 Å². The number of carboxylic acid groups (broad SMARTS) is 1. The third kappa shape index (κ3) is 6.45. The summed E-state index contributed by atoms with van der Waals surface area (Å²) in [5.74, 6) is -2.80. The van der Waals surface area contributed by atoms with Crippen LogP contribution in [0.15, 0.2) is 0 Å². The van der Waals surface area contributed by atoms with Gasteiger partial charge in [-0.2, -0.15) is 0 Å². The van der Waals surface area contributed by atoms with E-state index >= 15 is 0 Å². The van der Waals surface area contributed by atoms with Gasteiger partial charge in [-0.3, -0.25) is 9.59 Å². The van der Waals surface area contributed by atoms with Crippen molar-refractivity contribution >= 4 is 18.2 Å². The van der Waals surface area contributed by atoms with E-state index < -0.39 is 42.4 Å². The Hall–Kier alpha value is -1.59. The molecule has 128 valence electrons. The monoisotopic (exact) mass is 322 g/mol. The predicted octanol–water partition coefficient (Wildman–Crippen LogP) is -3.28. The molecule has 10 nitrogen and oxygen atoms in total. The SMILES string of the molecule is NCCCC[C@H](N)C(=O)O[C@@H](C=O)[C@@H](O)[C@H](O)[C@H](O)C(=O)O. The van der Waals surface area contributed by atoms with Crippen molar-refractivity contribution in [2.75, 3.05) is 6.54 Å². The molecule has 0 amide bonds. The van der Waals surface area contributed by atoms with E-state index in [1.165, 1.54) is 0 Å². The fraction of sp³-hybridized carbons (Fsp3) is 0.750. The Bertz CT molecular complexity index is 378. The lowest BCUT2D eigenvalue weighted by Gasteiger charge is -2.25. The third-order valence-electron chi connectivity index (χ3n) is 2.92. The quantitative estimate of drug-likeness (QED) is 0.127. The van der Waals surface area contributed by atoms with Gasteiger partial charge < -0.3 is 36.6 Å². The lowest BCUT2D eigenvalue weighted by atomic mass is 10.0. The largest absolute Gasteiger partial charge is 0.479 e. The summed E-state index contributed by atoms with van der Waals surface area (Å²) in [6.45, 7) is 0.427. The van der Waals surface area contributed by atoms with Crippen LogP contribution in [-0.4, -0.2) is 75.7 Å². The van der Waals surface area contributed by atoms with E-state index in [1.807, 2.05) is 0 Å². The first kappa shape index (κ1) is 20.4. The normalized spacial score (nSPS) is 17.9. The first-order chi connectivity index (χ1) is 10.3. The Kier molecular flexibility index (Phi) is 9.45. The number of rotatable bonds is 11. The van der Waals surface area contributed by atoms with Crippen molar-refractivity contribution in [3.63, 3.8) is 0 Å². The van der Waals surface area contributed by atoms with Crippen LogP contribution in [-0.2, 0) is 19.1 Å². The molecule has 0 aromatic carbocycles. The van der Waals surface area contributed by atoms with Crippen LogP contribution in [0.5, 0.6) is 0 Å². The number of aldehydes is 1. The molecule has 0 heterocycles. The molecule has 0 fully saturated rings. The topological polar surface area (TPSA) is 193 Å². The Morgan fingerprint density at radius 1 is 1.14 bits per heavy atom. The maximum atomic E-state index is 11.6. The van der Waals surface area contributed by atoms with E-state index in [0.717, 1.165) is 0 Å². The van der Waals surface area contributed by atoms with Gasteiger partial charge in [-0.05, 0) is 19.4 Å². The number of hydrogen-bond donors (Lipinski definition) is 6. The van der Waals surface area contributed by atoms with Gasteiger partial charge in [-0.15, -0.1) is 0 Å². The van der Waals surface area contributed by atoms with Gasteiger partial charge in [-0.25, -0.2) is 4.79 Å². The summed E-state index contributed by atoms with van der Waals surface area (Å²) in [7, 11) is 0. The number of aliphatic carboxylic acids is 1. The van der Waals surface area contributed by atoms with Gasteiger partial charge in [0.05, 0.1) is 0 Å². The van der Waals surface area contributed by atoms with E-state index in [-0.39, 0.29) is 12.7 Å². The molecule has 0 unspecified atom stereocenters. The van der Waals surface area contributed by atoms with Gasteiger partial charge in [0, 0.05) is 0 Å². The highest BCUT2D eigenvalue weighted by molar-refractivity contribution is 5.78. The zero-order valence-electron chi connectivity index (χ0n) is 11.9. The Balaban J connectivity index is 4.60. The first-order valence-corrected chi connectivity index (χ1v) is 6.64. The number of esters is 1. The van der Waals surface area contributed by atoms with E-state index in [4.69, 9.17) is 21.7 Å². The summed E-state index contributed by atoms with van der Waals surface area (Å²) in [5, 5.41) is 36.6. The number of nitrogens with two attached hydrogens (primary N) is 2. The number of aliphatic hydroxyl groups excluding tert-OH is 3. The van der Waals surface area contributed by atoms with Crippen LogP contribution in [0.25, 0.3) is 0 Å². The molecule has 5 atom stereocenters. The van der Waals surface area contributed by atoms with Crippen LogP contribution in [0, 0.1) is 0 Å². The molecule has 10 heteroatoms. The van der Waals surface area contributed by atoms with Gasteiger partial charge >= 0.3 is 11.9 Å². The highest BCUT2D eigenvalue weighted by Crippen LogP contribution is 2.09. The Labute approximate surface area is 126 Å². The van der Waals surface area contributed by atoms with Crippen molar-refractivity contribution in [2.24, 2.45) is 11.5 Å². The van der Waals surface area contributed by atoms with Crippen LogP contribution in [0.2, 0.25) is 0 Å². The Morgan fingerprint density at radius 2 is 1.73 bits per heavy atom. The molecule has 0 aliphatic carbocycles. The molecule has 0 aliphatic heterocycles. The molecule has 8 N–H and O–H groups in total. The molecule has 0 bridgehead atoms. The molecule has 0 rings (SSSR count). The third-order valence-corrected chi connectivity index (χ3v) is 2.92. The maximum Gasteiger partial charge on any atom is 0.335 e. The fourth-order valence-corrected chi connectivity index (χ4v) is 1.55. The molecule has 22 heavy (non-hydrogen) atoms. The van der Waals surface area contributed by atoms with E-state index in [2.05, 4.69) is 4.74 Å². The number of carboxylic acids is 1. The summed E-state index contributed by atoms with van der Waals surface area (Å²) in [6, 6.07) is -1.05. The molecule has 0 saturated carbocycles. The van der Waals surface area contributed by atoms with Crippen LogP contribution < -0.4 is 11.5 Å². The summed E-state index contributed by atoms with van der Waals surface area (Å²) in [6.07, 6.45) is -7.06. The molecule has 0 aliphatic rings. The molecule has 0 radical (unpaired) electrons. The van der Waals surface area contributed by atoms with Gasteiger partial charge in [0.1, 0.15) is 18.2 Å². The van der Waals surface area contributed by atoms with Gasteiger partial charge in [0.15, 0.2) is 18.5 Å². The molecular formula is C12H22N2O8. The minimum Gasteiger partial charge on any atom is -0.479 e. The van der Waals surface area contributed by atoms with Crippen molar-refractivity contribution in [3.05, 3.63) is 0 Å². The number of ether oxygens (including phenoxy) is 1. The Morgan fingerprint density at radius 3 is 2.18 bits per heavy atom. The van der Waals surface area contributed by atoms with Crippen LogP contribution in [0.3, 0.4) is 0 Å². The minimum atomic E-state index is -2.34. The number of aliphatic hydroxyl groups is 3. The molecule has 0 aromatic heterocycles. The molecule has 0 spiro atoms. The fourth-order valence-electron chi connectivity index (χ4n) is 1.55. The van der Waals surface area contributed by atoms with Gasteiger partial charge in [0.25, 0.3) is 0 Å². The van der Waals surface area contributed by atoms with E-state index in [9.17, 15) is 24.6 Å². The van der Waals surface area contributed by atoms with Gasteiger partial charge in [-0.1, -0.05) is 6.42 Å². The molecular weight excluding hydrogens is 300 g/mol. The first-order valence-electron chi connectivity index (χ1n) is 6.64. The summed E-state index contributed by atoms with van der Waals surface area (Å²) >= 11 is 0. The van der Waals surface area contributed by atoms with Crippen LogP contribution >= 0.6 is 0 Å². The second-order valence-corrected chi connectivity index (χ2v) is 4.69. The molecule has 0 aromatic rings. The predicted molar refractivity (Wildman–Crippen MR) is 72.5 cm³/mol. The zero-order valence-corrected chi connectivity index (χ0v) is 11.9. The van der Waals surface area contributed by atoms with Crippen molar-refractivity contribution in [2.45, 2.75) is 49.7 Å². The second-order valence-electron chi connectivity index (χ2n) is 4.69. The van der Waals surface area contributed by atoms with Crippen LogP contribution in [0.1, 0.15) is 19.3 Å². The van der Waals surface area contributed by atoms with Crippen molar-refractivity contribution in [1.29, 1.82) is 0 Å². The lowest BCUT2D eigenvalue weighted by molar-refractivity contribution is -0.174. The zero-order chi connectivity index (χ0) is 17.3. The van der Waals surface area contributed by atoms with Crippen molar-refractivity contribution < 1.29 is 39.5 Å². The van der Waals surface area contributed by atoms with Gasteiger partial charge in [0.2, 0.25) is 0 Å². The minimum absolute atomic E-state index is 0.00690. The maximum absolute atomic E-state index is 11.6. The summed E-state index contributed by atoms with van der Waals surface area (Å²) in [4.78, 5) is 32.9. The lowest BCUT2D eigenvalue weighted by Crippen LogP contribution is -2.50. The number of carbonyl (C=O) groups excluding carboxylic acids is 2. The van der Waals surface area contributed by atoms with E-state index in [1.54, 1.807) is 0 Å². The van der Waals surface area contributed by atoms with Crippen molar-refractivity contribution in [3.8, 4) is 0 Å². The second kappa shape index (κ2) is 10.2. The highest BCUT2D eigenvalue weighted by atomic mass is 16.6. The molecule has 0 saturated heterocycles. The summed E-state index contributed by atoms with van der Waals surface area (Å²) < 4.78 is 4.63. The standard InChI is InChI=1S/C12H22N2O8/c13-4-2-1-3-6(14)12(21)22-7(5-15)8(16)9(17)10(18)11(19)20/h5-10,16-18H,1-4,13-14H2,(H,19,20)/t6-,7-,8+,9-,10-/m0/s1. The number of carbonyl (C=O) groups is 3. The van der Waals surface area contributed by atoms with E-state index in [0.29, 0.717) is 19.4 Å². The number of unbranched alkanes of at least 4 members (excludes halogenated alkanes) is 1. The summed E-state index contributed by atoms with van der Waals surface area (Å²) in [5.41, 5.74) is 10.8. The number of hydrogen-bond acceptors (Lipinski definition) is 9. The average molecular weight is 322 g/mol. The average Bonchev–Trinajstić information content (AvgIpc) is 2.49. The smallest absolute Gasteiger partial charge is 0.335 e. The van der Waals surface area contributed by atoms with Crippen LogP contribution in [0.4, 0.5) is 0 Å². The highest BCUT2D eigenvalue weighted by Gasteiger charge is 2.37.